The van der Waals surface area contributed by atoms with E-state index in [0.717, 1.165) is 28.0 Å². The van der Waals surface area contributed by atoms with Crippen molar-refractivity contribution >= 4 is 22.6 Å². The van der Waals surface area contributed by atoms with Crippen LogP contribution in [-0.4, -0.2) is 30.6 Å². The van der Waals surface area contributed by atoms with E-state index in [4.69, 9.17) is 11.6 Å². The molecule has 0 aliphatic rings. The maximum Gasteiger partial charge on any atom is 0.204 e. The van der Waals surface area contributed by atoms with Gasteiger partial charge < -0.3 is 4.98 Å². The number of hydrogen-bond donors (Lipinski definition) is 2. The molecule has 102 valence electrons. The van der Waals surface area contributed by atoms with Crippen molar-refractivity contribution in [2.45, 2.75) is 0 Å². The van der Waals surface area contributed by atoms with Crippen molar-refractivity contribution in [2.24, 2.45) is 0 Å². The van der Waals surface area contributed by atoms with Gasteiger partial charge in [0.15, 0.2) is 0 Å². The summed E-state index contributed by atoms with van der Waals surface area (Å²) in [5.41, 5.74) is 3.47. The highest BCUT2D eigenvalue weighted by Gasteiger charge is 2.10. The third-order valence-electron chi connectivity index (χ3n) is 3.20. The van der Waals surface area contributed by atoms with Gasteiger partial charge in [0.2, 0.25) is 5.82 Å². The van der Waals surface area contributed by atoms with E-state index < -0.39 is 0 Å². The van der Waals surface area contributed by atoms with E-state index in [1.807, 2.05) is 42.5 Å². The van der Waals surface area contributed by atoms with Crippen LogP contribution >= 0.6 is 11.6 Å². The minimum absolute atomic E-state index is 0.547. The van der Waals surface area contributed by atoms with E-state index in [0.29, 0.717) is 10.8 Å². The molecule has 0 bridgehead atoms. The first-order valence-corrected chi connectivity index (χ1v) is 6.67. The molecule has 0 amide bonds. The van der Waals surface area contributed by atoms with Crippen molar-refractivity contribution in [2.75, 3.05) is 0 Å². The Labute approximate surface area is 124 Å². The van der Waals surface area contributed by atoms with E-state index >= 15 is 0 Å². The van der Waals surface area contributed by atoms with Gasteiger partial charge in [0, 0.05) is 11.1 Å². The normalized spacial score (nSPS) is 11.1. The van der Waals surface area contributed by atoms with Crippen LogP contribution in [-0.2, 0) is 0 Å². The summed E-state index contributed by atoms with van der Waals surface area (Å²) in [6, 6.07) is 13.4. The van der Waals surface area contributed by atoms with E-state index in [1.54, 1.807) is 0 Å². The Balaban J connectivity index is 1.85. The first-order chi connectivity index (χ1) is 10.3. The van der Waals surface area contributed by atoms with Gasteiger partial charge in [0.25, 0.3) is 0 Å². The fourth-order valence-corrected chi connectivity index (χ4v) is 2.44. The number of fused-ring (bicyclic) bond motifs is 1. The average molecular weight is 297 g/mol. The highest BCUT2D eigenvalue weighted by atomic mass is 35.5. The quantitative estimate of drug-likeness (QED) is 0.595. The van der Waals surface area contributed by atoms with Crippen LogP contribution in [0, 0.1) is 0 Å². The standard InChI is InChI=1S/C14H9ClN6/c15-10-5-2-6-11-12(10)17-13(16-11)8-3-1-4-9(7-8)14-18-20-21-19-14/h1-7H,(H,16,17)(H,18,19,20,21). The Hall–Kier alpha value is -2.73. The second-order valence-corrected chi connectivity index (χ2v) is 4.94. The molecule has 0 saturated heterocycles. The molecule has 0 aliphatic carbocycles. The SMILES string of the molecule is Clc1cccc2[nH]c(-c3cccc(-c4nn[nH]n4)c3)nc12. The number of halogens is 1. The fourth-order valence-electron chi connectivity index (χ4n) is 2.22. The zero-order chi connectivity index (χ0) is 14.2. The van der Waals surface area contributed by atoms with Crippen molar-refractivity contribution in [3.05, 3.63) is 47.5 Å². The molecule has 2 aromatic carbocycles. The Morgan fingerprint density at radius 2 is 1.86 bits per heavy atom. The van der Waals surface area contributed by atoms with Gasteiger partial charge in [-0.2, -0.15) is 5.21 Å². The molecule has 6 nitrogen and oxygen atoms in total. The van der Waals surface area contributed by atoms with Gasteiger partial charge in [-0.3, -0.25) is 0 Å². The minimum atomic E-state index is 0.547. The number of aromatic nitrogens is 6. The van der Waals surface area contributed by atoms with Gasteiger partial charge in [0.05, 0.1) is 10.5 Å². The second kappa shape index (κ2) is 4.68. The van der Waals surface area contributed by atoms with E-state index in [-0.39, 0.29) is 0 Å². The Bertz CT molecular complexity index is 912. The molecular weight excluding hydrogens is 288 g/mol. The highest BCUT2D eigenvalue weighted by molar-refractivity contribution is 6.35. The summed E-state index contributed by atoms with van der Waals surface area (Å²) in [6.45, 7) is 0. The average Bonchev–Trinajstić information content (AvgIpc) is 3.18. The summed E-state index contributed by atoms with van der Waals surface area (Å²) in [5.74, 6) is 1.30. The lowest BCUT2D eigenvalue weighted by molar-refractivity contribution is 0.881. The molecule has 2 aromatic heterocycles. The van der Waals surface area contributed by atoms with E-state index in [1.165, 1.54) is 0 Å². The molecule has 0 spiro atoms. The van der Waals surface area contributed by atoms with Crippen molar-refractivity contribution in [3.63, 3.8) is 0 Å². The predicted octanol–water partition coefficient (Wildman–Crippen LogP) is 3.06. The van der Waals surface area contributed by atoms with Gasteiger partial charge in [-0.1, -0.05) is 35.9 Å². The number of H-pyrrole nitrogens is 2. The third kappa shape index (κ3) is 2.05. The van der Waals surface area contributed by atoms with Crippen LogP contribution in [0.5, 0.6) is 0 Å². The molecule has 21 heavy (non-hydrogen) atoms. The summed E-state index contributed by atoms with van der Waals surface area (Å²) in [4.78, 5) is 7.82. The molecule has 0 saturated carbocycles. The van der Waals surface area contributed by atoms with Crippen LogP contribution in [0.4, 0.5) is 0 Å². The number of hydrogen-bond acceptors (Lipinski definition) is 4. The first-order valence-electron chi connectivity index (χ1n) is 6.30. The highest BCUT2D eigenvalue weighted by Crippen LogP contribution is 2.27. The number of nitrogens with one attached hydrogen (secondary N) is 2. The summed E-state index contributed by atoms with van der Waals surface area (Å²) in [7, 11) is 0. The molecule has 0 atom stereocenters. The smallest absolute Gasteiger partial charge is 0.204 e. The number of tetrazole rings is 1. The van der Waals surface area contributed by atoms with Gasteiger partial charge in [-0.05, 0) is 23.4 Å². The van der Waals surface area contributed by atoms with Gasteiger partial charge in [0.1, 0.15) is 11.3 Å². The molecule has 7 heteroatoms. The largest absolute Gasteiger partial charge is 0.338 e. The van der Waals surface area contributed by atoms with Crippen LogP contribution in [0.3, 0.4) is 0 Å². The lowest BCUT2D eigenvalue weighted by Gasteiger charge is -1.99. The van der Waals surface area contributed by atoms with Crippen molar-refractivity contribution in [1.82, 2.24) is 30.6 Å². The molecule has 0 fully saturated rings. The number of aromatic amines is 2. The van der Waals surface area contributed by atoms with Gasteiger partial charge in [-0.15, -0.1) is 10.2 Å². The molecule has 0 radical (unpaired) electrons. The first kappa shape index (κ1) is 12.0. The summed E-state index contributed by atoms with van der Waals surface area (Å²) < 4.78 is 0. The maximum absolute atomic E-state index is 6.16. The van der Waals surface area contributed by atoms with E-state index in [9.17, 15) is 0 Å². The second-order valence-electron chi connectivity index (χ2n) is 4.54. The topological polar surface area (TPSA) is 83.1 Å². The number of rotatable bonds is 2. The van der Waals surface area contributed by atoms with Crippen LogP contribution in [0.1, 0.15) is 0 Å². The number of imidazole rings is 1. The number of nitrogens with zero attached hydrogens (tertiary/aromatic N) is 4. The van der Waals surface area contributed by atoms with Crippen LogP contribution in [0.2, 0.25) is 5.02 Å². The van der Waals surface area contributed by atoms with Gasteiger partial charge in [-0.25, -0.2) is 4.98 Å². The Morgan fingerprint density at radius 1 is 1.00 bits per heavy atom. The molecule has 4 aromatic rings. The molecule has 4 rings (SSSR count). The number of benzene rings is 2. The van der Waals surface area contributed by atoms with Crippen LogP contribution in [0.25, 0.3) is 33.8 Å². The monoisotopic (exact) mass is 296 g/mol. The number of para-hydroxylation sites is 1. The Kier molecular flexibility index (Phi) is 2.68. The molecule has 2 N–H and O–H groups in total. The zero-order valence-corrected chi connectivity index (χ0v) is 11.5. The summed E-state index contributed by atoms with van der Waals surface area (Å²) >= 11 is 6.16. The summed E-state index contributed by atoms with van der Waals surface area (Å²) in [5, 5.41) is 14.6. The summed E-state index contributed by atoms with van der Waals surface area (Å²) in [6.07, 6.45) is 0. The maximum atomic E-state index is 6.16. The fraction of sp³-hybridized carbons (Fsp3) is 0. The molecule has 0 aliphatic heterocycles. The molecule has 0 unspecified atom stereocenters. The van der Waals surface area contributed by atoms with Crippen molar-refractivity contribution in [3.8, 4) is 22.8 Å². The van der Waals surface area contributed by atoms with Crippen molar-refractivity contribution in [1.29, 1.82) is 0 Å². The lowest BCUT2D eigenvalue weighted by atomic mass is 10.1. The predicted molar refractivity (Wildman–Crippen MR) is 79.7 cm³/mol. The van der Waals surface area contributed by atoms with Crippen LogP contribution in [0.15, 0.2) is 42.5 Å². The van der Waals surface area contributed by atoms with Crippen LogP contribution < -0.4 is 0 Å². The van der Waals surface area contributed by atoms with E-state index in [2.05, 4.69) is 30.6 Å². The van der Waals surface area contributed by atoms with Crippen molar-refractivity contribution < 1.29 is 0 Å². The third-order valence-corrected chi connectivity index (χ3v) is 3.51. The molecular formula is C14H9ClN6. The Morgan fingerprint density at radius 3 is 2.67 bits per heavy atom. The lowest BCUT2D eigenvalue weighted by Crippen LogP contribution is -1.84. The van der Waals surface area contributed by atoms with Gasteiger partial charge >= 0.3 is 0 Å². The zero-order valence-electron chi connectivity index (χ0n) is 10.7. The molecule has 2 heterocycles. The minimum Gasteiger partial charge on any atom is -0.338 e.